The molecule has 34 heavy (non-hydrogen) atoms. The zero-order valence-corrected chi connectivity index (χ0v) is 19.4. The number of hydrogen-bond acceptors (Lipinski definition) is 6. The monoisotopic (exact) mass is 464 g/mol. The van der Waals surface area contributed by atoms with Gasteiger partial charge in [-0.25, -0.2) is 9.07 Å². The number of benzene rings is 2. The van der Waals surface area contributed by atoms with Crippen LogP contribution in [0.1, 0.15) is 48.3 Å². The summed E-state index contributed by atoms with van der Waals surface area (Å²) in [6.45, 7) is 5.47. The molecule has 1 atom stereocenters. The van der Waals surface area contributed by atoms with Crippen molar-refractivity contribution in [3.8, 4) is 0 Å². The van der Waals surface area contributed by atoms with Crippen LogP contribution in [-0.2, 0) is 13.1 Å². The van der Waals surface area contributed by atoms with Gasteiger partial charge in [-0.2, -0.15) is 0 Å². The lowest BCUT2D eigenvalue weighted by atomic mass is 10.1. The third-order valence-corrected chi connectivity index (χ3v) is 5.98. The van der Waals surface area contributed by atoms with Gasteiger partial charge in [0.05, 0.1) is 12.6 Å². The van der Waals surface area contributed by atoms with Gasteiger partial charge in [-0.15, -0.1) is 5.10 Å². The highest BCUT2D eigenvalue weighted by molar-refractivity contribution is 5.79. The molecule has 0 saturated carbocycles. The van der Waals surface area contributed by atoms with Crippen LogP contribution in [0.15, 0.2) is 53.3 Å². The molecule has 0 aliphatic heterocycles. The zero-order valence-electron chi connectivity index (χ0n) is 19.4. The minimum Gasteiger partial charge on any atom is -0.396 e. The van der Waals surface area contributed by atoms with Gasteiger partial charge in [0.2, 0.25) is 0 Å². The number of tetrazole rings is 1. The molecule has 0 aliphatic carbocycles. The van der Waals surface area contributed by atoms with Gasteiger partial charge in [0, 0.05) is 30.8 Å². The van der Waals surface area contributed by atoms with Crippen molar-refractivity contribution in [3.63, 3.8) is 0 Å². The predicted octanol–water partition coefficient (Wildman–Crippen LogP) is 3.35. The molecule has 0 bridgehead atoms. The van der Waals surface area contributed by atoms with Crippen molar-refractivity contribution in [1.82, 2.24) is 30.1 Å². The number of halogens is 1. The van der Waals surface area contributed by atoms with E-state index in [1.165, 1.54) is 12.1 Å². The van der Waals surface area contributed by atoms with Crippen LogP contribution in [-0.4, -0.2) is 48.3 Å². The van der Waals surface area contributed by atoms with Crippen LogP contribution < -0.4 is 5.56 Å². The maximum atomic E-state index is 13.3. The molecule has 2 aromatic heterocycles. The summed E-state index contributed by atoms with van der Waals surface area (Å²) >= 11 is 0. The van der Waals surface area contributed by atoms with Crippen LogP contribution in [0.2, 0.25) is 0 Å². The number of H-pyrrole nitrogens is 1. The summed E-state index contributed by atoms with van der Waals surface area (Å²) in [5.41, 5.74) is 3.32. The highest BCUT2D eigenvalue weighted by atomic mass is 19.1. The van der Waals surface area contributed by atoms with E-state index < -0.39 is 0 Å². The van der Waals surface area contributed by atoms with E-state index in [0.29, 0.717) is 43.9 Å². The molecule has 4 aromatic rings. The van der Waals surface area contributed by atoms with E-state index in [0.717, 1.165) is 22.0 Å². The number of pyridine rings is 1. The van der Waals surface area contributed by atoms with Gasteiger partial charge in [-0.05, 0) is 71.5 Å². The number of aliphatic hydroxyl groups is 1. The summed E-state index contributed by atoms with van der Waals surface area (Å²) in [6.07, 6.45) is 1.26. The molecular weight excluding hydrogens is 435 g/mol. The third kappa shape index (κ3) is 5.37. The van der Waals surface area contributed by atoms with Crippen LogP contribution in [0, 0.1) is 12.7 Å². The van der Waals surface area contributed by atoms with Crippen LogP contribution in [0.3, 0.4) is 0 Å². The Morgan fingerprint density at radius 3 is 2.71 bits per heavy atom. The Morgan fingerprint density at radius 2 is 1.97 bits per heavy atom. The standard InChI is InChI=1S/C25H29FN6O2/c1-3-23(24-28-29-30-32(24)15-18-6-8-21(26)9-7-18)31(11-4-12-33)16-20-14-19-13-17(2)5-10-22(19)27-25(20)34/h5-10,13-14,23,33H,3-4,11-12,15-16H2,1-2H3,(H,27,34). The molecule has 0 fully saturated rings. The summed E-state index contributed by atoms with van der Waals surface area (Å²) < 4.78 is 15.0. The van der Waals surface area contributed by atoms with E-state index in [2.05, 4.69) is 25.4 Å². The molecule has 2 N–H and O–H groups in total. The van der Waals surface area contributed by atoms with Crippen molar-refractivity contribution in [2.45, 2.75) is 45.8 Å². The quantitative estimate of drug-likeness (QED) is 0.373. The number of fused-ring (bicyclic) bond motifs is 1. The number of rotatable bonds is 10. The number of aryl methyl sites for hydroxylation is 1. The number of hydrogen-bond donors (Lipinski definition) is 2. The average molecular weight is 465 g/mol. The number of aromatic amines is 1. The normalized spacial score (nSPS) is 12.5. The fourth-order valence-electron chi connectivity index (χ4n) is 4.26. The van der Waals surface area contributed by atoms with Crippen LogP contribution in [0.25, 0.3) is 10.9 Å². The van der Waals surface area contributed by atoms with E-state index >= 15 is 0 Å². The van der Waals surface area contributed by atoms with Crippen molar-refractivity contribution >= 4 is 10.9 Å². The summed E-state index contributed by atoms with van der Waals surface area (Å²) in [5.74, 6) is 0.371. The van der Waals surface area contributed by atoms with E-state index in [1.807, 2.05) is 38.1 Å². The Labute approximate surface area is 197 Å². The van der Waals surface area contributed by atoms with Crippen molar-refractivity contribution in [2.75, 3.05) is 13.2 Å². The molecule has 178 valence electrons. The minimum absolute atomic E-state index is 0.0424. The fourth-order valence-corrected chi connectivity index (χ4v) is 4.26. The Morgan fingerprint density at radius 1 is 1.18 bits per heavy atom. The number of nitrogens with one attached hydrogen (secondary N) is 1. The molecule has 0 saturated heterocycles. The fraction of sp³-hybridized carbons (Fsp3) is 0.360. The van der Waals surface area contributed by atoms with E-state index in [4.69, 9.17) is 0 Å². The van der Waals surface area contributed by atoms with Gasteiger partial charge < -0.3 is 10.1 Å². The Bertz CT molecular complexity index is 1300. The first-order chi connectivity index (χ1) is 16.5. The Kier molecular flexibility index (Phi) is 7.44. The zero-order chi connectivity index (χ0) is 24.1. The van der Waals surface area contributed by atoms with Crippen LogP contribution in [0.5, 0.6) is 0 Å². The lowest BCUT2D eigenvalue weighted by molar-refractivity contribution is 0.152. The van der Waals surface area contributed by atoms with Gasteiger partial charge in [-0.3, -0.25) is 9.69 Å². The van der Waals surface area contributed by atoms with E-state index in [-0.39, 0.29) is 24.0 Å². The molecule has 9 heteroatoms. The van der Waals surface area contributed by atoms with Crippen molar-refractivity contribution in [1.29, 1.82) is 0 Å². The second-order valence-corrected chi connectivity index (χ2v) is 8.51. The second kappa shape index (κ2) is 10.7. The SMILES string of the molecule is CCC(c1nnnn1Cc1ccc(F)cc1)N(CCCO)Cc1cc2cc(C)ccc2[nH]c1=O. The summed E-state index contributed by atoms with van der Waals surface area (Å²) in [5, 5.41) is 22.8. The third-order valence-electron chi connectivity index (χ3n) is 5.98. The minimum atomic E-state index is -0.293. The van der Waals surface area contributed by atoms with Crippen LogP contribution in [0.4, 0.5) is 4.39 Å². The lowest BCUT2D eigenvalue weighted by Crippen LogP contribution is -2.34. The van der Waals surface area contributed by atoms with E-state index in [9.17, 15) is 14.3 Å². The second-order valence-electron chi connectivity index (χ2n) is 8.51. The molecule has 0 amide bonds. The predicted molar refractivity (Wildman–Crippen MR) is 128 cm³/mol. The molecule has 2 heterocycles. The highest BCUT2D eigenvalue weighted by Gasteiger charge is 2.25. The topological polar surface area (TPSA) is 99.9 Å². The van der Waals surface area contributed by atoms with Gasteiger partial charge >= 0.3 is 0 Å². The smallest absolute Gasteiger partial charge is 0.252 e. The number of nitrogens with zero attached hydrogens (tertiary/aromatic N) is 5. The van der Waals surface area contributed by atoms with Gasteiger partial charge in [0.15, 0.2) is 5.82 Å². The summed E-state index contributed by atoms with van der Waals surface area (Å²) in [7, 11) is 0. The molecule has 0 spiro atoms. The molecule has 0 aliphatic rings. The van der Waals surface area contributed by atoms with Crippen molar-refractivity contribution in [2.24, 2.45) is 0 Å². The largest absolute Gasteiger partial charge is 0.396 e. The molecule has 0 radical (unpaired) electrons. The van der Waals surface area contributed by atoms with Gasteiger partial charge in [-0.1, -0.05) is 30.7 Å². The highest BCUT2D eigenvalue weighted by Crippen LogP contribution is 2.25. The number of aliphatic hydroxyl groups excluding tert-OH is 1. The van der Waals surface area contributed by atoms with Gasteiger partial charge in [0.1, 0.15) is 5.82 Å². The summed E-state index contributed by atoms with van der Waals surface area (Å²) in [6, 6.07) is 13.9. The lowest BCUT2D eigenvalue weighted by Gasteiger charge is -2.30. The Hall–Kier alpha value is -3.43. The molecular formula is C25H29FN6O2. The molecule has 2 aromatic carbocycles. The molecule has 1 unspecified atom stereocenters. The number of aromatic nitrogens is 5. The maximum absolute atomic E-state index is 13.3. The van der Waals surface area contributed by atoms with E-state index in [1.54, 1.807) is 16.8 Å². The Balaban J connectivity index is 1.65. The molecule has 4 rings (SSSR count). The van der Waals surface area contributed by atoms with Gasteiger partial charge in [0.25, 0.3) is 5.56 Å². The van der Waals surface area contributed by atoms with Crippen molar-refractivity contribution < 1.29 is 9.50 Å². The summed E-state index contributed by atoms with van der Waals surface area (Å²) in [4.78, 5) is 18.0. The first kappa shape index (κ1) is 23.7. The van der Waals surface area contributed by atoms with Crippen LogP contribution >= 0.6 is 0 Å². The average Bonchev–Trinajstić information content (AvgIpc) is 3.27. The first-order valence-electron chi connectivity index (χ1n) is 11.5. The molecule has 8 nitrogen and oxygen atoms in total. The first-order valence-corrected chi connectivity index (χ1v) is 11.5. The maximum Gasteiger partial charge on any atom is 0.252 e. The van der Waals surface area contributed by atoms with Crippen molar-refractivity contribution in [3.05, 3.63) is 87.2 Å².